The standard InChI is InChI=1S/C14H16FNO/c15-12-4-2-1-3-11(12)14(17)16-13-8-9-5-6-10(13)7-9/h1-4,9-10,13H,5-8H2,(H,16,17)/t9-,10-,13-/m0/s1. The summed E-state index contributed by atoms with van der Waals surface area (Å²) < 4.78 is 13.4. The Morgan fingerprint density at radius 1 is 1.24 bits per heavy atom. The lowest BCUT2D eigenvalue weighted by Crippen LogP contribution is -2.38. The fraction of sp³-hybridized carbons (Fsp3) is 0.500. The van der Waals surface area contributed by atoms with Crippen molar-refractivity contribution in [3.8, 4) is 0 Å². The van der Waals surface area contributed by atoms with Gasteiger partial charge in [0.2, 0.25) is 0 Å². The molecule has 2 nitrogen and oxygen atoms in total. The lowest BCUT2D eigenvalue weighted by Gasteiger charge is -2.22. The number of carbonyl (C=O) groups excluding carboxylic acids is 1. The van der Waals surface area contributed by atoms with Gasteiger partial charge in [-0.1, -0.05) is 18.6 Å². The molecule has 1 amide bonds. The van der Waals surface area contributed by atoms with Crippen molar-refractivity contribution < 1.29 is 9.18 Å². The van der Waals surface area contributed by atoms with Gasteiger partial charge in [0.05, 0.1) is 5.56 Å². The Hall–Kier alpha value is -1.38. The van der Waals surface area contributed by atoms with Crippen LogP contribution in [0.2, 0.25) is 0 Å². The topological polar surface area (TPSA) is 29.1 Å². The Balaban J connectivity index is 1.70. The van der Waals surface area contributed by atoms with Crippen LogP contribution in [-0.2, 0) is 0 Å². The summed E-state index contributed by atoms with van der Waals surface area (Å²) in [7, 11) is 0. The molecular weight excluding hydrogens is 217 g/mol. The third-order valence-corrected chi connectivity index (χ3v) is 4.17. The number of nitrogens with one attached hydrogen (secondary N) is 1. The number of hydrogen-bond donors (Lipinski definition) is 1. The minimum Gasteiger partial charge on any atom is -0.349 e. The third kappa shape index (κ3) is 1.94. The van der Waals surface area contributed by atoms with Gasteiger partial charge in [-0.3, -0.25) is 4.79 Å². The first-order valence-electron chi connectivity index (χ1n) is 6.29. The van der Waals surface area contributed by atoms with Crippen LogP contribution in [0.4, 0.5) is 4.39 Å². The highest BCUT2D eigenvalue weighted by Crippen LogP contribution is 2.44. The number of rotatable bonds is 2. The number of carbonyl (C=O) groups is 1. The number of benzene rings is 1. The van der Waals surface area contributed by atoms with Crippen LogP contribution in [0.1, 0.15) is 36.0 Å². The second-order valence-corrected chi connectivity index (χ2v) is 5.23. The zero-order valence-corrected chi connectivity index (χ0v) is 9.66. The molecule has 0 spiro atoms. The average molecular weight is 233 g/mol. The van der Waals surface area contributed by atoms with E-state index in [1.807, 2.05) is 0 Å². The van der Waals surface area contributed by atoms with Gasteiger partial charge in [-0.2, -0.15) is 0 Å². The van der Waals surface area contributed by atoms with Gasteiger partial charge < -0.3 is 5.32 Å². The number of halogens is 1. The molecule has 2 fully saturated rings. The van der Waals surface area contributed by atoms with Gasteiger partial charge in [-0.25, -0.2) is 4.39 Å². The first-order valence-corrected chi connectivity index (χ1v) is 6.29. The molecule has 1 N–H and O–H groups in total. The summed E-state index contributed by atoms with van der Waals surface area (Å²) in [6, 6.07) is 6.43. The average Bonchev–Trinajstić information content (AvgIpc) is 2.91. The molecule has 2 saturated carbocycles. The van der Waals surface area contributed by atoms with Crippen LogP contribution in [0.25, 0.3) is 0 Å². The molecule has 3 rings (SSSR count). The monoisotopic (exact) mass is 233 g/mol. The van der Waals surface area contributed by atoms with Crippen molar-refractivity contribution in [3.05, 3.63) is 35.6 Å². The van der Waals surface area contributed by atoms with Crippen LogP contribution in [0, 0.1) is 17.7 Å². The molecule has 17 heavy (non-hydrogen) atoms. The summed E-state index contributed by atoms with van der Waals surface area (Å²) in [5, 5.41) is 2.99. The lowest BCUT2D eigenvalue weighted by molar-refractivity contribution is 0.0919. The fourth-order valence-corrected chi connectivity index (χ4v) is 3.31. The molecule has 2 aliphatic carbocycles. The van der Waals surface area contributed by atoms with Crippen molar-refractivity contribution in [2.24, 2.45) is 11.8 Å². The van der Waals surface area contributed by atoms with Crippen LogP contribution >= 0.6 is 0 Å². The van der Waals surface area contributed by atoms with Crippen LogP contribution in [0.3, 0.4) is 0 Å². The van der Waals surface area contributed by atoms with Gasteiger partial charge in [0.1, 0.15) is 5.82 Å². The van der Waals surface area contributed by atoms with E-state index in [0.717, 1.165) is 12.3 Å². The van der Waals surface area contributed by atoms with Crippen molar-refractivity contribution >= 4 is 5.91 Å². The molecule has 90 valence electrons. The highest BCUT2D eigenvalue weighted by atomic mass is 19.1. The van der Waals surface area contributed by atoms with E-state index in [2.05, 4.69) is 5.32 Å². The van der Waals surface area contributed by atoms with Crippen LogP contribution in [0.15, 0.2) is 24.3 Å². The first kappa shape index (κ1) is 10.8. The van der Waals surface area contributed by atoms with Gasteiger partial charge in [0.25, 0.3) is 5.91 Å². The third-order valence-electron chi connectivity index (χ3n) is 4.17. The summed E-state index contributed by atoms with van der Waals surface area (Å²) >= 11 is 0. The minimum atomic E-state index is -0.437. The van der Waals surface area contributed by atoms with Crippen molar-refractivity contribution in [1.82, 2.24) is 5.32 Å². The van der Waals surface area contributed by atoms with Crippen molar-refractivity contribution in [2.75, 3.05) is 0 Å². The van der Waals surface area contributed by atoms with E-state index in [1.54, 1.807) is 12.1 Å². The normalized spacial score (nSPS) is 30.5. The molecule has 0 saturated heterocycles. The second kappa shape index (κ2) is 4.13. The Labute approximate surface area is 100 Å². The van der Waals surface area contributed by atoms with Gasteiger partial charge in [0.15, 0.2) is 0 Å². The van der Waals surface area contributed by atoms with Gasteiger partial charge in [-0.15, -0.1) is 0 Å². The zero-order valence-electron chi connectivity index (χ0n) is 9.66. The zero-order chi connectivity index (χ0) is 11.8. The summed E-state index contributed by atoms with van der Waals surface area (Å²) in [4.78, 5) is 11.9. The Morgan fingerprint density at radius 2 is 2.06 bits per heavy atom. The molecular formula is C14H16FNO. The highest BCUT2D eigenvalue weighted by molar-refractivity contribution is 5.94. The van der Waals surface area contributed by atoms with Crippen LogP contribution < -0.4 is 5.32 Å². The van der Waals surface area contributed by atoms with E-state index in [4.69, 9.17) is 0 Å². The lowest BCUT2D eigenvalue weighted by atomic mass is 9.95. The van der Waals surface area contributed by atoms with Gasteiger partial charge >= 0.3 is 0 Å². The Bertz CT molecular complexity index is 446. The largest absolute Gasteiger partial charge is 0.349 e. The molecule has 0 aliphatic heterocycles. The van der Waals surface area contributed by atoms with E-state index in [-0.39, 0.29) is 17.5 Å². The first-order chi connectivity index (χ1) is 8.24. The van der Waals surface area contributed by atoms with Gasteiger partial charge in [0, 0.05) is 6.04 Å². The summed E-state index contributed by atoms with van der Waals surface area (Å²) in [6.45, 7) is 0. The van der Waals surface area contributed by atoms with E-state index in [9.17, 15) is 9.18 Å². The minimum absolute atomic E-state index is 0.162. The number of fused-ring (bicyclic) bond motifs is 2. The van der Waals surface area contributed by atoms with E-state index in [0.29, 0.717) is 5.92 Å². The molecule has 2 bridgehead atoms. The molecule has 0 radical (unpaired) electrons. The van der Waals surface area contributed by atoms with Crippen molar-refractivity contribution in [1.29, 1.82) is 0 Å². The maximum Gasteiger partial charge on any atom is 0.254 e. The maximum absolute atomic E-state index is 13.4. The van der Waals surface area contributed by atoms with E-state index >= 15 is 0 Å². The molecule has 1 aromatic carbocycles. The Kier molecular flexibility index (Phi) is 2.61. The van der Waals surface area contributed by atoms with E-state index in [1.165, 1.54) is 31.4 Å². The summed E-state index contributed by atoms with van der Waals surface area (Å²) in [5.41, 5.74) is 0.162. The fourth-order valence-electron chi connectivity index (χ4n) is 3.31. The Morgan fingerprint density at radius 3 is 2.71 bits per heavy atom. The molecule has 0 aromatic heterocycles. The van der Waals surface area contributed by atoms with Crippen molar-refractivity contribution in [2.45, 2.75) is 31.7 Å². The quantitative estimate of drug-likeness (QED) is 0.836. The molecule has 2 aliphatic rings. The molecule has 0 heterocycles. The van der Waals surface area contributed by atoms with Crippen LogP contribution in [0.5, 0.6) is 0 Å². The summed E-state index contributed by atoms with van der Waals surface area (Å²) in [5.74, 6) is 0.704. The van der Waals surface area contributed by atoms with Crippen molar-refractivity contribution in [3.63, 3.8) is 0 Å². The highest BCUT2D eigenvalue weighted by Gasteiger charge is 2.40. The summed E-state index contributed by atoms with van der Waals surface area (Å²) in [6.07, 6.45) is 4.83. The van der Waals surface area contributed by atoms with Crippen LogP contribution in [-0.4, -0.2) is 11.9 Å². The number of amides is 1. The molecule has 3 atom stereocenters. The van der Waals surface area contributed by atoms with Gasteiger partial charge in [-0.05, 0) is 43.2 Å². The van der Waals surface area contributed by atoms with E-state index < -0.39 is 5.82 Å². The molecule has 1 aromatic rings. The second-order valence-electron chi connectivity index (χ2n) is 5.23. The molecule has 0 unspecified atom stereocenters. The smallest absolute Gasteiger partial charge is 0.254 e. The SMILES string of the molecule is O=C(N[C@H]1C[C@H]2CC[C@H]1C2)c1ccccc1F. The predicted octanol–water partition coefficient (Wildman–Crippen LogP) is 2.74. The number of hydrogen-bond acceptors (Lipinski definition) is 1. The predicted molar refractivity (Wildman–Crippen MR) is 63.1 cm³/mol. The maximum atomic E-state index is 13.4. The molecule has 3 heteroatoms.